The molecule has 0 spiro atoms. The maximum atomic E-state index is 14.0. The zero-order valence-electron chi connectivity index (χ0n) is 27.4. The van der Waals surface area contributed by atoms with Crippen molar-refractivity contribution in [3.05, 3.63) is 76.1 Å². The Hall–Kier alpha value is -3.32. The number of aryl methyl sites for hydroxylation is 1. The van der Waals surface area contributed by atoms with E-state index in [1.54, 1.807) is 12.3 Å². The molecule has 1 aliphatic heterocycles. The molecule has 0 aromatic carbocycles. The SMILES string of the molecule is C=C(\C=C(C)/C(=C\C)C(=C/c1cnc(NC(=O)C2CC2F)cc1C)/C(=C/CCC)C(=O)N1CCOCC1)CCC.CCC. The Morgan fingerprint density at radius 1 is 1.14 bits per heavy atom. The summed E-state index contributed by atoms with van der Waals surface area (Å²) in [5.41, 5.74) is 6.23. The number of halogens is 1. The first-order chi connectivity index (χ1) is 20.6. The van der Waals surface area contributed by atoms with Crippen LogP contribution in [0.15, 0.2) is 64.9 Å². The summed E-state index contributed by atoms with van der Waals surface area (Å²) in [5.74, 6) is -0.541. The Labute approximate surface area is 258 Å². The third-order valence-corrected chi connectivity index (χ3v) is 7.20. The molecule has 43 heavy (non-hydrogen) atoms. The van der Waals surface area contributed by atoms with E-state index in [4.69, 9.17) is 4.74 Å². The molecular weight excluding hydrogens is 541 g/mol. The van der Waals surface area contributed by atoms with Crippen LogP contribution < -0.4 is 5.32 Å². The molecule has 6 nitrogen and oxygen atoms in total. The third-order valence-electron chi connectivity index (χ3n) is 7.20. The fourth-order valence-corrected chi connectivity index (χ4v) is 4.81. The first-order valence-electron chi connectivity index (χ1n) is 15.8. The first-order valence-corrected chi connectivity index (χ1v) is 15.8. The second-order valence-electron chi connectivity index (χ2n) is 11.3. The highest BCUT2D eigenvalue weighted by Crippen LogP contribution is 2.35. The molecule has 1 saturated heterocycles. The molecule has 1 aliphatic carbocycles. The number of amides is 2. The second-order valence-corrected chi connectivity index (χ2v) is 11.3. The summed E-state index contributed by atoms with van der Waals surface area (Å²) in [4.78, 5) is 32.5. The Balaban J connectivity index is 0.00000206. The summed E-state index contributed by atoms with van der Waals surface area (Å²) in [5, 5.41) is 2.73. The Morgan fingerprint density at radius 3 is 2.33 bits per heavy atom. The molecule has 2 fully saturated rings. The Bertz CT molecular complexity index is 1240. The van der Waals surface area contributed by atoms with Crippen molar-refractivity contribution >= 4 is 23.7 Å². The molecule has 1 saturated carbocycles. The van der Waals surface area contributed by atoms with E-state index in [9.17, 15) is 14.0 Å². The number of unbranched alkanes of at least 4 members (excludes halogenated alkanes) is 1. The molecule has 1 N–H and O–H groups in total. The number of pyridine rings is 1. The third kappa shape index (κ3) is 11.0. The van der Waals surface area contributed by atoms with Crippen LogP contribution in [0.4, 0.5) is 10.2 Å². The van der Waals surface area contributed by atoms with E-state index in [2.05, 4.69) is 57.6 Å². The van der Waals surface area contributed by atoms with E-state index in [-0.39, 0.29) is 18.2 Å². The van der Waals surface area contributed by atoms with Gasteiger partial charge in [-0.1, -0.05) is 77.3 Å². The van der Waals surface area contributed by atoms with Crippen LogP contribution in [0.3, 0.4) is 0 Å². The molecule has 2 amide bonds. The van der Waals surface area contributed by atoms with Crippen LogP contribution in [0.2, 0.25) is 0 Å². The number of nitrogens with one attached hydrogen (secondary N) is 1. The van der Waals surface area contributed by atoms with Crippen molar-refractivity contribution in [3.63, 3.8) is 0 Å². The highest BCUT2D eigenvalue weighted by Gasteiger charge is 2.43. The summed E-state index contributed by atoms with van der Waals surface area (Å²) in [6, 6.07) is 1.79. The number of hydrogen-bond donors (Lipinski definition) is 1. The summed E-state index contributed by atoms with van der Waals surface area (Å²) in [6.07, 6.45) is 13.9. The molecule has 1 aromatic heterocycles. The smallest absolute Gasteiger partial charge is 0.254 e. The summed E-state index contributed by atoms with van der Waals surface area (Å²) < 4.78 is 18.8. The summed E-state index contributed by atoms with van der Waals surface area (Å²) >= 11 is 0. The minimum Gasteiger partial charge on any atom is -0.378 e. The van der Waals surface area contributed by atoms with Crippen LogP contribution >= 0.6 is 0 Å². The zero-order valence-corrected chi connectivity index (χ0v) is 27.4. The van der Waals surface area contributed by atoms with Crippen LogP contribution in [0.5, 0.6) is 0 Å². The predicted molar refractivity (Wildman–Crippen MR) is 177 cm³/mol. The van der Waals surface area contributed by atoms with Crippen molar-refractivity contribution in [1.82, 2.24) is 9.88 Å². The molecule has 0 bridgehead atoms. The summed E-state index contributed by atoms with van der Waals surface area (Å²) in [7, 11) is 0. The molecule has 2 aliphatic rings. The quantitative estimate of drug-likeness (QED) is 0.195. The minimum absolute atomic E-state index is 0.0118. The number of nitrogens with zero attached hydrogens (tertiary/aromatic N) is 2. The van der Waals surface area contributed by atoms with E-state index in [1.165, 1.54) is 6.42 Å². The van der Waals surface area contributed by atoms with E-state index in [0.717, 1.165) is 59.1 Å². The van der Waals surface area contributed by atoms with Crippen LogP contribution in [0, 0.1) is 12.8 Å². The lowest BCUT2D eigenvalue weighted by atomic mass is 9.88. The van der Waals surface area contributed by atoms with Gasteiger partial charge in [0.05, 0.1) is 19.1 Å². The lowest BCUT2D eigenvalue weighted by Crippen LogP contribution is -2.41. The van der Waals surface area contributed by atoms with Gasteiger partial charge in [0.15, 0.2) is 0 Å². The van der Waals surface area contributed by atoms with E-state index < -0.39 is 12.1 Å². The molecule has 1 aromatic rings. The number of morpholine rings is 1. The van der Waals surface area contributed by atoms with Gasteiger partial charge in [-0.3, -0.25) is 9.59 Å². The van der Waals surface area contributed by atoms with Gasteiger partial charge in [-0.15, -0.1) is 0 Å². The predicted octanol–water partition coefficient (Wildman–Crippen LogP) is 8.32. The molecule has 3 rings (SSSR count). The number of aromatic nitrogens is 1. The van der Waals surface area contributed by atoms with Crippen molar-refractivity contribution in [2.24, 2.45) is 5.92 Å². The van der Waals surface area contributed by atoms with Gasteiger partial charge in [-0.25, -0.2) is 9.37 Å². The minimum atomic E-state index is -1.06. The number of ether oxygens (including phenoxy) is 1. The number of anilines is 1. The lowest BCUT2D eigenvalue weighted by Gasteiger charge is -2.29. The average Bonchev–Trinajstić information content (AvgIpc) is 3.72. The highest BCUT2D eigenvalue weighted by atomic mass is 19.1. The standard InChI is InChI=1S/C33H44FN3O3.C3H8/c1-7-10-12-27(33(39)37-13-15-40-16-14-37)28(26(9-3)24(6)17-22(4)11-8-2)19-25-21-35-31(18-23(25)5)36-32(38)29-20-30(29)34;1-3-2/h9,12,17-19,21,29-30H,4,7-8,10-11,13-16,20H2,1-3,5-6H3,(H,35,36,38);3H2,1-2H3/b24-17-,26-9+,27-12-,28-19-;. The zero-order chi connectivity index (χ0) is 31.9. The van der Waals surface area contributed by atoms with Gasteiger partial charge < -0.3 is 15.0 Å². The van der Waals surface area contributed by atoms with Crippen molar-refractivity contribution in [2.45, 2.75) is 93.2 Å². The van der Waals surface area contributed by atoms with Gasteiger partial charge in [-0.2, -0.15) is 0 Å². The van der Waals surface area contributed by atoms with Crippen LogP contribution in [0.1, 0.15) is 91.2 Å². The maximum absolute atomic E-state index is 14.0. The van der Waals surface area contributed by atoms with E-state index in [0.29, 0.717) is 37.7 Å². The van der Waals surface area contributed by atoms with Crippen LogP contribution in [-0.4, -0.2) is 54.2 Å². The van der Waals surface area contributed by atoms with Crippen LogP contribution in [0.25, 0.3) is 6.08 Å². The average molecular weight is 594 g/mol. The highest BCUT2D eigenvalue weighted by molar-refractivity contribution is 6.01. The number of carbonyl (C=O) groups is 2. The number of rotatable bonds is 12. The van der Waals surface area contributed by atoms with Crippen molar-refractivity contribution in [1.29, 1.82) is 0 Å². The van der Waals surface area contributed by atoms with Gasteiger partial charge in [0.1, 0.15) is 12.0 Å². The van der Waals surface area contributed by atoms with Crippen molar-refractivity contribution < 1.29 is 18.7 Å². The molecule has 0 radical (unpaired) electrons. The first kappa shape index (κ1) is 35.9. The van der Waals surface area contributed by atoms with E-state index >= 15 is 0 Å². The maximum Gasteiger partial charge on any atom is 0.254 e. The number of carbonyl (C=O) groups excluding carboxylic acids is 2. The van der Waals surface area contributed by atoms with Gasteiger partial charge in [0, 0.05) is 24.9 Å². The molecule has 2 unspecified atom stereocenters. The van der Waals surface area contributed by atoms with Gasteiger partial charge in [-0.05, 0) is 80.0 Å². The van der Waals surface area contributed by atoms with Gasteiger partial charge in [0.2, 0.25) is 5.91 Å². The number of allylic oxidation sites excluding steroid dienone is 6. The molecule has 236 valence electrons. The molecular formula is C36H52FN3O3. The van der Waals surface area contributed by atoms with Gasteiger partial charge >= 0.3 is 0 Å². The second kappa shape index (κ2) is 18.4. The number of alkyl halides is 1. The molecule has 2 heterocycles. The Kier molecular flexibility index (Phi) is 15.3. The molecule has 2 atom stereocenters. The fraction of sp³-hybridized carbons (Fsp3) is 0.528. The largest absolute Gasteiger partial charge is 0.378 e. The number of hydrogen-bond acceptors (Lipinski definition) is 4. The lowest BCUT2D eigenvalue weighted by molar-refractivity contribution is -0.130. The van der Waals surface area contributed by atoms with Crippen molar-refractivity contribution in [3.8, 4) is 0 Å². The molecule has 7 heteroatoms. The fourth-order valence-electron chi connectivity index (χ4n) is 4.81. The topological polar surface area (TPSA) is 71.5 Å². The van der Waals surface area contributed by atoms with Crippen LogP contribution in [-0.2, 0) is 14.3 Å². The van der Waals surface area contributed by atoms with Crippen molar-refractivity contribution in [2.75, 3.05) is 31.6 Å². The van der Waals surface area contributed by atoms with Gasteiger partial charge in [0.25, 0.3) is 5.91 Å². The summed E-state index contributed by atoms with van der Waals surface area (Å²) in [6.45, 7) is 20.8. The monoisotopic (exact) mass is 593 g/mol. The Morgan fingerprint density at radius 2 is 1.79 bits per heavy atom. The van der Waals surface area contributed by atoms with E-state index in [1.807, 2.05) is 37.0 Å². The normalized spacial score (nSPS) is 19.4.